The van der Waals surface area contributed by atoms with Crippen molar-refractivity contribution in [3.63, 3.8) is 0 Å². The SMILES string of the molecule is Cc1c(C(=O)N2CCNCC2)sc2nc(-c3ccc(F)cc3)cn12. The largest absolute Gasteiger partial charge is 0.335 e. The fourth-order valence-electron chi connectivity index (χ4n) is 2.92. The summed E-state index contributed by atoms with van der Waals surface area (Å²) >= 11 is 1.41. The zero-order valence-electron chi connectivity index (χ0n) is 13.3. The monoisotopic (exact) mass is 344 g/mol. The van der Waals surface area contributed by atoms with Gasteiger partial charge in [-0.1, -0.05) is 11.3 Å². The zero-order valence-corrected chi connectivity index (χ0v) is 14.1. The van der Waals surface area contributed by atoms with Crippen LogP contribution in [0.2, 0.25) is 0 Å². The van der Waals surface area contributed by atoms with Crippen molar-refractivity contribution in [3.05, 3.63) is 46.9 Å². The Hall–Kier alpha value is -2.25. The lowest BCUT2D eigenvalue weighted by atomic mass is 10.2. The van der Waals surface area contributed by atoms with Crippen LogP contribution in [0.1, 0.15) is 15.4 Å². The van der Waals surface area contributed by atoms with Crippen LogP contribution in [0.15, 0.2) is 30.5 Å². The van der Waals surface area contributed by atoms with E-state index in [1.807, 2.05) is 22.4 Å². The number of thiazole rings is 1. The van der Waals surface area contributed by atoms with Crippen molar-refractivity contribution < 1.29 is 9.18 Å². The van der Waals surface area contributed by atoms with Crippen LogP contribution in [0.5, 0.6) is 0 Å². The molecule has 5 nitrogen and oxygen atoms in total. The molecule has 3 heterocycles. The van der Waals surface area contributed by atoms with Crippen LogP contribution in [0.3, 0.4) is 0 Å². The molecular weight excluding hydrogens is 327 g/mol. The van der Waals surface area contributed by atoms with Gasteiger partial charge in [0.25, 0.3) is 5.91 Å². The molecule has 1 aliphatic rings. The first-order valence-electron chi connectivity index (χ1n) is 7.88. The molecule has 3 aromatic rings. The predicted octanol–water partition coefficient (Wildman–Crippen LogP) is 2.56. The van der Waals surface area contributed by atoms with Gasteiger partial charge in [-0.15, -0.1) is 0 Å². The van der Waals surface area contributed by atoms with Gasteiger partial charge in [0.2, 0.25) is 0 Å². The first kappa shape index (κ1) is 15.3. The molecule has 0 aliphatic carbocycles. The number of amides is 1. The average Bonchev–Trinajstić information content (AvgIpc) is 3.15. The average molecular weight is 344 g/mol. The first-order chi connectivity index (χ1) is 11.6. The molecule has 124 valence electrons. The minimum atomic E-state index is -0.264. The minimum absolute atomic E-state index is 0.0767. The van der Waals surface area contributed by atoms with E-state index in [4.69, 9.17) is 0 Å². The van der Waals surface area contributed by atoms with Crippen molar-refractivity contribution >= 4 is 22.2 Å². The predicted molar refractivity (Wildman–Crippen MR) is 92.0 cm³/mol. The maximum absolute atomic E-state index is 13.1. The van der Waals surface area contributed by atoms with Crippen LogP contribution in [0.4, 0.5) is 4.39 Å². The summed E-state index contributed by atoms with van der Waals surface area (Å²) in [4.78, 5) is 20.7. The summed E-state index contributed by atoms with van der Waals surface area (Å²) in [6, 6.07) is 6.28. The van der Waals surface area contributed by atoms with Crippen LogP contribution >= 0.6 is 11.3 Å². The molecule has 2 aromatic heterocycles. The van der Waals surface area contributed by atoms with Gasteiger partial charge < -0.3 is 10.2 Å². The number of halogens is 1. The number of carbonyl (C=O) groups excluding carboxylic acids is 1. The number of nitrogens with zero attached hydrogens (tertiary/aromatic N) is 3. The van der Waals surface area contributed by atoms with E-state index < -0.39 is 0 Å². The number of hydrogen-bond donors (Lipinski definition) is 1. The molecule has 1 N–H and O–H groups in total. The molecule has 1 amide bonds. The maximum Gasteiger partial charge on any atom is 0.265 e. The van der Waals surface area contributed by atoms with Crippen LogP contribution in [0.25, 0.3) is 16.2 Å². The topological polar surface area (TPSA) is 49.6 Å². The molecule has 4 rings (SSSR count). The van der Waals surface area contributed by atoms with Gasteiger partial charge in [0.1, 0.15) is 10.7 Å². The lowest BCUT2D eigenvalue weighted by molar-refractivity contribution is 0.0739. The fraction of sp³-hybridized carbons (Fsp3) is 0.294. The number of imidazole rings is 1. The highest BCUT2D eigenvalue weighted by molar-refractivity contribution is 7.19. The van der Waals surface area contributed by atoms with Crippen molar-refractivity contribution in [2.75, 3.05) is 26.2 Å². The molecule has 24 heavy (non-hydrogen) atoms. The van der Waals surface area contributed by atoms with E-state index in [-0.39, 0.29) is 11.7 Å². The van der Waals surface area contributed by atoms with Crippen LogP contribution < -0.4 is 5.32 Å². The molecule has 0 unspecified atom stereocenters. The minimum Gasteiger partial charge on any atom is -0.335 e. The summed E-state index contributed by atoms with van der Waals surface area (Å²) in [7, 11) is 0. The molecule has 1 aromatic carbocycles. The number of aromatic nitrogens is 2. The van der Waals surface area contributed by atoms with Crippen molar-refractivity contribution in [1.82, 2.24) is 19.6 Å². The summed E-state index contributed by atoms with van der Waals surface area (Å²) < 4.78 is 15.0. The second kappa shape index (κ2) is 5.99. The highest BCUT2D eigenvalue weighted by atomic mass is 32.1. The zero-order chi connectivity index (χ0) is 16.7. The molecule has 0 saturated carbocycles. The number of nitrogens with one attached hydrogen (secondary N) is 1. The Bertz CT molecular complexity index is 893. The Morgan fingerprint density at radius 1 is 1.25 bits per heavy atom. The van der Waals surface area contributed by atoms with Crippen molar-refractivity contribution in [1.29, 1.82) is 0 Å². The van der Waals surface area contributed by atoms with Crippen molar-refractivity contribution in [2.24, 2.45) is 0 Å². The third-order valence-electron chi connectivity index (χ3n) is 4.30. The van der Waals surface area contributed by atoms with Gasteiger partial charge in [-0.25, -0.2) is 9.37 Å². The van der Waals surface area contributed by atoms with E-state index in [2.05, 4.69) is 10.3 Å². The first-order valence-corrected chi connectivity index (χ1v) is 8.69. The number of piperazine rings is 1. The Labute approximate surface area is 142 Å². The molecule has 1 aliphatic heterocycles. The molecule has 1 saturated heterocycles. The molecule has 0 atom stereocenters. The number of fused-ring (bicyclic) bond motifs is 1. The molecular formula is C17H17FN4OS. The maximum atomic E-state index is 13.1. The molecule has 0 bridgehead atoms. The third-order valence-corrected chi connectivity index (χ3v) is 5.44. The van der Waals surface area contributed by atoms with E-state index in [1.165, 1.54) is 23.5 Å². The lowest BCUT2D eigenvalue weighted by Crippen LogP contribution is -2.46. The van der Waals surface area contributed by atoms with E-state index in [1.54, 1.807) is 12.1 Å². The van der Waals surface area contributed by atoms with Crippen LogP contribution in [-0.4, -0.2) is 46.4 Å². The molecule has 7 heteroatoms. The van der Waals surface area contributed by atoms with Crippen molar-refractivity contribution in [2.45, 2.75) is 6.92 Å². The molecule has 1 fully saturated rings. The number of aryl methyl sites for hydroxylation is 1. The Balaban J connectivity index is 1.67. The standard InChI is InChI=1S/C17H17FN4OS/c1-11-15(16(23)21-8-6-19-7-9-21)24-17-20-14(10-22(11)17)12-2-4-13(18)5-3-12/h2-5,10,19H,6-9H2,1H3. The van der Waals surface area contributed by atoms with E-state index in [0.717, 1.165) is 53.0 Å². The van der Waals surface area contributed by atoms with Crippen LogP contribution in [0, 0.1) is 12.7 Å². The van der Waals surface area contributed by atoms with E-state index >= 15 is 0 Å². The van der Waals surface area contributed by atoms with Gasteiger partial charge in [0.15, 0.2) is 4.96 Å². The van der Waals surface area contributed by atoms with Gasteiger partial charge in [-0.3, -0.25) is 9.20 Å². The summed E-state index contributed by atoms with van der Waals surface area (Å²) in [5.41, 5.74) is 2.55. The fourth-order valence-corrected chi connectivity index (χ4v) is 4.00. The number of benzene rings is 1. The van der Waals surface area contributed by atoms with E-state index in [9.17, 15) is 9.18 Å². The lowest BCUT2D eigenvalue weighted by Gasteiger charge is -2.27. The Morgan fingerprint density at radius 3 is 2.62 bits per heavy atom. The summed E-state index contributed by atoms with van der Waals surface area (Å²) in [5.74, 6) is -0.187. The number of hydrogen-bond acceptors (Lipinski definition) is 4. The normalized spacial score (nSPS) is 15.2. The van der Waals surface area contributed by atoms with Gasteiger partial charge in [-0.05, 0) is 31.2 Å². The number of carbonyl (C=O) groups is 1. The van der Waals surface area contributed by atoms with Gasteiger partial charge in [-0.2, -0.15) is 0 Å². The second-order valence-electron chi connectivity index (χ2n) is 5.84. The number of rotatable bonds is 2. The van der Waals surface area contributed by atoms with Gasteiger partial charge in [0.05, 0.1) is 5.69 Å². The third kappa shape index (κ3) is 2.59. The molecule has 0 radical (unpaired) electrons. The Morgan fingerprint density at radius 2 is 1.96 bits per heavy atom. The van der Waals surface area contributed by atoms with Crippen LogP contribution in [-0.2, 0) is 0 Å². The summed E-state index contributed by atoms with van der Waals surface area (Å²) in [6.45, 7) is 5.08. The van der Waals surface area contributed by atoms with Crippen molar-refractivity contribution in [3.8, 4) is 11.3 Å². The highest BCUT2D eigenvalue weighted by Gasteiger charge is 2.23. The summed E-state index contributed by atoms with van der Waals surface area (Å²) in [5, 5.41) is 3.25. The smallest absolute Gasteiger partial charge is 0.265 e. The van der Waals surface area contributed by atoms with Gasteiger partial charge >= 0.3 is 0 Å². The second-order valence-corrected chi connectivity index (χ2v) is 6.82. The quantitative estimate of drug-likeness (QED) is 0.777. The molecule has 0 spiro atoms. The Kier molecular flexibility index (Phi) is 3.82. The summed E-state index contributed by atoms with van der Waals surface area (Å²) in [6.07, 6.45) is 1.91. The van der Waals surface area contributed by atoms with Gasteiger partial charge in [0, 0.05) is 43.6 Å². The highest BCUT2D eigenvalue weighted by Crippen LogP contribution is 2.28. The van der Waals surface area contributed by atoms with E-state index in [0.29, 0.717) is 0 Å².